The highest BCUT2D eigenvalue weighted by molar-refractivity contribution is 4.73. The van der Waals surface area contributed by atoms with E-state index in [0.29, 0.717) is 0 Å². The first-order valence-corrected chi connectivity index (χ1v) is 4.48. The lowest BCUT2D eigenvalue weighted by molar-refractivity contribution is -0.161. The smallest absolute Gasteiger partial charge is 0.168 e. The van der Waals surface area contributed by atoms with Crippen LogP contribution >= 0.6 is 0 Å². The van der Waals surface area contributed by atoms with Gasteiger partial charge < -0.3 is 4.74 Å². The molecule has 0 amide bonds. The zero-order chi connectivity index (χ0) is 9.35. The fourth-order valence-corrected chi connectivity index (χ4v) is 1.37. The van der Waals surface area contributed by atoms with Crippen LogP contribution in [-0.2, 0) is 4.74 Å². The van der Waals surface area contributed by atoms with Crippen LogP contribution < -0.4 is 0 Å². The first-order valence-electron chi connectivity index (χ1n) is 4.48. The zero-order valence-electron chi connectivity index (χ0n) is 8.79. The summed E-state index contributed by atoms with van der Waals surface area (Å²) >= 11 is 0. The minimum Gasteiger partial charge on any atom is -0.344 e. The highest BCUT2D eigenvalue weighted by Crippen LogP contribution is 2.18. The summed E-state index contributed by atoms with van der Waals surface area (Å²) in [6, 6.07) is 0. The fraction of sp³-hybridized carbons (Fsp3) is 1.00. The van der Waals surface area contributed by atoms with Gasteiger partial charge in [-0.2, -0.15) is 0 Å². The molecule has 1 rings (SSSR count). The molecular formula is C9H20N2O. The van der Waals surface area contributed by atoms with Gasteiger partial charge in [-0.05, 0) is 34.9 Å². The van der Waals surface area contributed by atoms with Crippen LogP contribution in [0.1, 0.15) is 20.8 Å². The van der Waals surface area contributed by atoms with Crippen molar-refractivity contribution in [1.82, 2.24) is 9.80 Å². The minimum absolute atomic E-state index is 0.0580. The Hall–Kier alpha value is -0.120. The van der Waals surface area contributed by atoms with Crippen molar-refractivity contribution in [3.05, 3.63) is 0 Å². The second-order valence-electron chi connectivity index (χ2n) is 4.52. The predicted molar refractivity (Wildman–Crippen MR) is 49.9 cm³/mol. The van der Waals surface area contributed by atoms with Crippen molar-refractivity contribution in [2.45, 2.75) is 32.7 Å². The Bertz CT molecular complexity index is 143. The summed E-state index contributed by atoms with van der Waals surface area (Å²) in [7, 11) is 4.19. The maximum Gasteiger partial charge on any atom is 0.168 e. The van der Waals surface area contributed by atoms with E-state index in [1.807, 2.05) is 0 Å². The number of hydrogen-bond donors (Lipinski definition) is 0. The molecule has 3 nitrogen and oxygen atoms in total. The molecule has 0 aromatic rings. The van der Waals surface area contributed by atoms with Crippen molar-refractivity contribution in [2.24, 2.45) is 0 Å². The van der Waals surface area contributed by atoms with Crippen LogP contribution in [0.25, 0.3) is 0 Å². The van der Waals surface area contributed by atoms with Gasteiger partial charge in [0.05, 0.1) is 5.60 Å². The SMILES string of the molecule is CN1CCN(C)C1OC(C)(C)C. The van der Waals surface area contributed by atoms with Gasteiger partial charge in [0.2, 0.25) is 0 Å². The molecule has 12 heavy (non-hydrogen) atoms. The first-order chi connectivity index (χ1) is 5.40. The van der Waals surface area contributed by atoms with Gasteiger partial charge in [-0.1, -0.05) is 0 Å². The standard InChI is InChI=1S/C9H20N2O/c1-9(2,3)12-8-10(4)6-7-11(8)5/h8H,6-7H2,1-5H3. The average Bonchev–Trinajstić information content (AvgIpc) is 2.16. The lowest BCUT2D eigenvalue weighted by Crippen LogP contribution is -2.42. The van der Waals surface area contributed by atoms with E-state index >= 15 is 0 Å². The van der Waals surface area contributed by atoms with Crippen molar-refractivity contribution in [3.63, 3.8) is 0 Å². The average molecular weight is 172 g/mol. The van der Waals surface area contributed by atoms with Crippen LogP contribution in [0.2, 0.25) is 0 Å². The molecule has 0 saturated carbocycles. The number of ether oxygens (including phenoxy) is 1. The second kappa shape index (κ2) is 3.32. The van der Waals surface area contributed by atoms with Gasteiger partial charge in [-0.3, -0.25) is 9.80 Å². The van der Waals surface area contributed by atoms with Gasteiger partial charge >= 0.3 is 0 Å². The van der Waals surface area contributed by atoms with Crippen LogP contribution in [-0.4, -0.2) is 48.9 Å². The monoisotopic (exact) mass is 172 g/mol. The summed E-state index contributed by atoms with van der Waals surface area (Å²) in [5.74, 6) is 0. The van der Waals surface area contributed by atoms with Gasteiger partial charge in [0.25, 0.3) is 0 Å². The maximum atomic E-state index is 5.88. The van der Waals surface area contributed by atoms with Gasteiger partial charge in [0.15, 0.2) is 6.35 Å². The lowest BCUT2D eigenvalue weighted by atomic mass is 10.2. The maximum absolute atomic E-state index is 5.88. The summed E-state index contributed by atoms with van der Waals surface area (Å²) in [6.45, 7) is 8.46. The van der Waals surface area contributed by atoms with Crippen LogP contribution in [0.15, 0.2) is 0 Å². The second-order valence-corrected chi connectivity index (χ2v) is 4.52. The Morgan fingerprint density at radius 3 is 1.83 bits per heavy atom. The van der Waals surface area contributed by atoms with Crippen molar-refractivity contribution in [1.29, 1.82) is 0 Å². The Labute approximate surface area is 75.3 Å². The van der Waals surface area contributed by atoms with Crippen LogP contribution in [0.3, 0.4) is 0 Å². The van der Waals surface area contributed by atoms with Crippen LogP contribution in [0, 0.1) is 0 Å². The van der Waals surface area contributed by atoms with E-state index in [1.54, 1.807) is 0 Å². The molecule has 0 atom stereocenters. The summed E-state index contributed by atoms with van der Waals surface area (Å²) in [6.07, 6.45) is 0.157. The molecule has 1 heterocycles. The Morgan fingerprint density at radius 2 is 1.50 bits per heavy atom. The van der Waals surface area contributed by atoms with Crippen LogP contribution in [0.4, 0.5) is 0 Å². The van der Waals surface area contributed by atoms with E-state index in [0.717, 1.165) is 13.1 Å². The van der Waals surface area contributed by atoms with E-state index in [1.165, 1.54) is 0 Å². The molecular weight excluding hydrogens is 152 g/mol. The minimum atomic E-state index is -0.0580. The van der Waals surface area contributed by atoms with Crippen molar-refractivity contribution < 1.29 is 4.74 Å². The normalized spacial score (nSPS) is 23.8. The largest absolute Gasteiger partial charge is 0.344 e. The molecule has 1 aliphatic rings. The molecule has 0 aromatic carbocycles. The van der Waals surface area contributed by atoms with Gasteiger partial charge in [-0.25, -0.2) is 0 Å². The number of likely N-dealkylation sites (N-methyl/N-ethyl adjacent to an activating group) is 2. The topological polar surface area (TPSA) is 15.7 Å². The molecule has 1 aliphatic heterocycles. The summed E-state index contributed by atoms with van der Waals surface area (Å²) < 4.78 is 5.88. The molecule has 0 N–H and O–H groups in total. The molecule has 0 aliphatic carbocycles. The first kappa shape index (κ1) is 9.96. The number of rotatable bonds is 1. The molecule has 0 aromatic heterocycles. The third-order valence-corrected chi connectivity index (χ3v) is 2.02. The highest BCUT2D eigenvalue weighted by Gasteiger charge is 2.30. The summed E-state index contributed by atoms with van der Waals surface area (Å²) in [4.78, 5) is 4.45. The van der Waals surface area contributed by atoms with Crippen molar-refractivity contribution in [2.75, 3.05) is 27.2 Å². The zero-order valence-corrected chi connectivity index (χ0v) is 8.79. The Morgan fingerprint density at radius 1 is 1.08 bits per heavy atom. The Kier molecular flexibility index (Phi) is 2.76. The van der Waals surface area contributed by atoms with Crippen molar-refractivity contribution >= 4 is 0 Å². The molecule has 3 heteroatoms. The lowest BCUT2D eigenvalue weighted by Gasteiger charge is -2.32. The Balaban J connectivity index is 2.50. The molecule has 0 unspecified atom stereocenters. The quantitative estimate of drug-likeness (QED) is 0.586. The highest BCUT2D eigenvalue weighted by atomic mass is 16.5. The van der Waals surface area contributed by atoms with Gasteiger partial charge in [0, 0.05) is 13.1 Å². The summed E-state index contributed by atoms with van der Waals surface area (Å²) in [5.41, 5.74) is -0.0580. The van der Waals surface area contributed by atoms with Gasteiger partial charge in [-0.15, -0.1) is 0 Å². The van der Waals surface area contributed by atoms with E-state index in [-0.39, 0.29) is 12.0 Å². The van der Waals surface area contributed by atoms with E-state index in [4.69, 9.17) is 4.74 Å². The predicted octanol–water partition coefficient (Wildman–Crippen LogP) is 0.962. The van der Waals surface area contributed by atoms with E-state index < -0.39 is 0 Å². The molecule has 0 radical (unpaired) electrons. The van der Waals surface area contributed by atoms with Gasteiger partial charge in [0.1, 0.15) is 0 Å². The number of nitrogens with zero attached hydrogens (tertiary/aromatic N) is 2. The van der Waals surface area contributed by atoms with E-state index in [9.17, 15) is 0 Å². The van der Waals surface area contributed by atoms with E-state index in [2.05, 4.69) is 44.7 Å². The van der Waals surface area contributed by atoms with Crippen LogP contribution in [0.5, 0.6) is 0 Å². The summed E-state index contributed by atoms with van der Waals surface area (Å²) in [5, 5.41) is 0. The molecule has 0 bridgehead atoms. The molecule has 0 spiro atoms. The molecule has 72 valence electrons. The molecule has 1 fully saturated rings. The fourth-order valence-electron chi connectivity index (χ4n) is 1.37. The number of hydrogen-bond acceptors (Lipinski definition) is 3. The van der Waals surface area contributed by atoms with Crippen molar-refractivity contribution in [3.8, 4) is 0 Å². The molecule has 1 saturated heterocycles. The third-order valence-electron chi connectivity index (χ3n) is 2.02. The third kappa shape index (κ3) is 2.44.